The van der Waals surface area contributed by atoms with E-state index in [4.69, 9.17) is 9.47 Å². The first-order valence-electron chi connectivity index (χ1n) is 8.55. The molecule has 1 heterocycles. The van der Waals surface area contributed by atoms with Gasteiger partial charge in [0.15, 0.2) is 11.5 Å². The van der Waals surface area contributed by atoms with Crippen LogP contribution in [-0.4, -0.2) is 48.6 Å². The Balaban J connectivity index is 1.54. The summed E-state index contributed by atoms with van der Waals surface area (Å²) in [5, 5.41) is 13.7. The third kappa shape index (κ3) is 4.53. The van der Waals surface area contributed by atoms with E-state index in [-0.39, 0.29) is 24.2 Å². The molecule has 1 N–H and O–H groups in total. The molecule has 0 bridgehead atoms. The van der Waals surface area contributed by atoms with Crippen LogP contribution < -0.4 is 14.8 Å². The van der Waals surface area contributed by atoms with Gasteiger partial charge in [-0.2, -0.15) is 0 Å². The van der Waals surface area contributed by atoms with E-state index in [1.807, 2.05) is 36.2 Å². The largest absolute Gasteiger partial charge is 0.486 e. The van der Waals surface area contributed by atoms with E-state index in [1.165, 1.54) is 6.07 Å². The molecule has 1 amide bonds. The van der Waals surface area contributed by atoms with Gasteiger partial charge < -0.3 is 14.8 Å². The number of hydrogen-bond donors (Lipinski definition) is 1. The lowest BCUT2D eigenvalue weighted by atomic mass is 10.1. The van der Waals surface area contributed by atoms with E-state index in [9.17, 15) is 14.9 Å². The molecular formula is C19H21N3O5. The number of amides is 1. The Labute approximate surface area is 156 Å². The Kier molecular flexibility index (Phi) is 5.56. The van der Waals surface area contributed by atoms with Gasteiger partial charge in [0.05, 0.1) is 22.7 Å². The van der Waals surface area contributed by atoms with Crippen molar-refractivity contribution in [3.63, 3.8) is 0 Å². The van der Waals surface area contributed by atoms with Gasteiger partial charge in [-0.05, 0) is 32.2 Å². The summed E-state index contributed by atoms with van der Waals surface area (Å²) in [6.07, 6.45) is -0.183. The summed E-state index contributed by atoms with van der Waals surface area (Å²) in [5.74, 6) is 1.16. The van der Waals surface area contributed by atoms with Crippen LogP contribution in [0.4, 0.5) is 11.4 Å². The molecular weight excluding hydrogens is 350 g/mol. The highest BCUT2D eigenvalue weighted by molar-refractivity contribution is 5.93. The van der Waals surface area contributed by atoms with Gasteiger partial charge in [-0.1, -0.05) is 18.2 Å². The molecule has 2 aromatic carbocycles. The van der Waals surface area contributed by atoms with Crippen LogP contribution in [0.15, 0.2) is 42.5 Å². The maximum Gasteiger partial charge on any atom is 0.274 e. The SMILES string of the molecule is Cc1c(NC(=O)CN(C)C[C@@H]2COc3ccccc3O2)cccc1[N+](=O)[O-]. The molecule has 2 aromatic rings. The van der Waals surface area contributed by atoms with Gasteiger partial charge in [-0.3, -0.25) is 19.8 Å². The number of rotatable bonds is 6. The second-order valence-electron chi connectivity index (χ2n) is 6.45. The number of carbonyl (C=O) groups excluding carboxylic acids is 1. The molecule has 1 aliphatic rings. The van der Waals surface area contributed by atoms with E-state index in [1.54, 1.807) is 19.1 Å². The Morgan fingerprint density at radius 3 is 2.74 bits per heavy atom. The fraction of sp³-hybridized carbons (Fsp3) is 0.316. The van der Waals surface area contributed by atoms with Gasteiger partial charge in [0.1, 0.15) is 12.7 Å². The number of carbonyl (C=O) groups is 1. The molecule has 8 nitrogen and oxygen atoms in total. The maximum atomic E-state index is 12.3. The van der Waals surface area contributed by atoms with Crippen LogP contribution in [0.3, 0.4) is 0 Å². The summed E-state index contributed by atoms with van der Waals surface area (Å²) in [4.78, 5) is 24.7. The molecule has 1 atom stereocenters. The van der Waals surface area contributed by atoms with Gasteiger partial charge in [-0.25, -0.2) is 0 Å². The highest BCUT2D eigenvalue weighted by atomic mass is 16.6. The molecule has 0 unspecified atom stereocenters. The quantitative estimate of drug-likeness (QED) is 0.620. The molecule has 27 heavy (non-hydrogen) atoms. The fourth-order valence-corrected chi connectivity index (χ4v) is 2.96. The number of nitrogens with one attached hydrogen (secondary N) is 1. The van der Waals surface area contributed by atoms with Crippen LogP contribution in [0.5, 0.6) is 11.5 Å². The van der Waals surface area contributed by atoms with Crippen molar-refractivity contribution in [3.8, 4) is 11.5 Å². The average Bonchev–Trinajstić information content (AvgIpc) is 2.63. The minimum atomic E-state index is -0.463. The first-order chi connectivity index (χ1) is 12.9. The molecule has 0 fully saturated rings. The molecule has 0 aromatic heterocycles. The number of nitro groups is 1. The molecule has 0 saturated carbocycles. The number of ether oxygens (including phenoxy) is 2. The lowest BCUT2D eigenvalue weighted by molar-refractivity contribution is -0.385. The summed E-state index contributed by atoms with van der Waals surface area (Å²) >= 11 is 0. The topological polar surface area (TPSA) is 93.9 Å². The zero-order chi connectivity index (χ0) is 19.4. The monoisotopic (exact) mass is 371 g/mol. The highest BCUT2D eigenvalue weighted by Crippen LogP contribution is 2.31. The van der Waals surface area contributed by atoms with E-state index in [0.29, 0.717) is 30.2 Å². The zero-order valence-corrected chi connectivity index (χ0v) is 15.2. The molecule has 0 saturated heterocycles. The minimum absolute atomic E-state index is 0.0208. The number of fused-ring (bicyclic) bond motifs is 1. The Bertz CT molecular complexity index is 855. The average molecular weight is 371 g/mol. The molecule has 1 aliphatic heterocycles. The molecule has 0 spiro atoms. The summed E-state index contributed by atoms with van der Waals surface area (Å²) < 4.78 is 11.6. The molecule has 0 aliphatic carbocycles. The van der Waals surface area contributed by atoms with Gasteiger partial charge in [-0.15, -0.1) is 0 Å². The van der Waals surface area contributed by atoms with Crippen LogP contribution in [0.2, 0.25) is 0 Å². The first-order valence-corrected chi connectivity index (χ1v) is 8.55. The van der Waals surface area contributed by atoms with Crippen LogP contribution in [0.1, 0.15) is 5.56 Å². The number of benzene rings is 2. The number of nitrogens with zero attached hydrogens (tertiary/aromatic N) is 2. The zero-order valence-electron chi connectivity index (χ0n) is 15.2. The van der Waals surface area contributed by atoms with Gasteiger partial charge in [0.2, 0.25) is 5.91 Å². The Morgan fingerprint density at radius 1 is 1.26 bits per heavy atom. The fourth-order valence-electron chi connectivity index (χ4n) is 2.96. The van der Waals surface area contributed by atoms with Crippen LogP contribution >= 0.6 is 0 Å². The summed E-state index contributed by atoms with van der Waals surface area (Å²) in [5.41, 5.74) is 0.848. The molecule has 142 valence electrons. The predicted molar refractivity (Wildman–Crippen MR) is 100 cm³/mol. The van der Waals surface area contributed by atoms with Crippen molar-refractivity contribution in [3.05, 3.63) is 58.1 Å². The van der Waals surface area contributed by atoms with Crippen LogP contribution in [0, 0.1) is 17.0 Å². The number of anilines is 1. The number of likely N-dealkylation sites (N-methyl/N-ethyl adjacent to an activating group) is 1. The first kappa shape index (κ1) is 18.7. The Morgan fingerprint density at radius 2 is 2.00 bits per heavy atom. The van der Waals surface area contributed by atoms with E-state index >= 15 is 0 Å². The van der Waals surface area contributed by atoms with Crippen LogP contribution in [0.25, 0.3) is 0 Å². The van der Waals surface area contributed by atoms with Crippen molar-refractivity contribution in [2.24, 2.45) is 0 Å². The summed E-state index contributed by atoms with van der Waals surface area (Å²) in [6.45, 7) is 2.66. The summed E-state index contributed by atoms with van der Waals surface area (Å²) in [6, 6.07) is 12.1. The van der Waals surface area contributed by atoms with Gasteiger partial charge in [0.25, 0.3) is 5.69 Å². The second-order valence-corrected chi connectivity index (χ2v) is 6.45. The maximum absolute atomic E-state index is 12.3. The third-order valence-electron chi connectivity index (χ3n) is 4.27. The normalized spacial score (nSPS) is 15.4. The van der Waals surface area contributed by atoms with Crippen molar-refractivity contribution in [1.29, 1.82) is 0 Å². The van der Waals surface area contributed by atoms with E-state index in [0.717, 1.165) is 5.75 Å². The van der Waals surface area contributed by atoms with Crippen LogP contribution in [-0.2, 0) is 4.79 Å². The van der Waals surface area contributed by atoms with E-state index < -0.39 is 4.92 Å². The Hall–Kier alpha value is -3.13. The number of hydrogen-bond acceptors (Lipinski definition) is 6. The smallest absolute Gasteiger partial charge is 0.274 e. The minimum Gasteiger partial charge on any atom is -0.486 e. The molecule has 3 rings (SSSR count). The number of nitro benzene ring substituents is 1. The lowest BCUT2D eigenvalue weighted by Crippen LogP contribution is -2.42. The second kappa shape index (κ2) is 8.05. The lowest BCUT2D eigenvalue weighted by Gasteiger charge is -2.29. The van der Waals surface area contributed by atoms with Crippen molar-refractivity contribution in [1.82, 2.24) is 4.90 Å². The van der Waals surface area contributed by atoms with E-state index in [2.05, 4.69) is 5.32 Å². The standard InChI is InChI=1S/C19H21N3O5/c1-13-15(6-5-7-16(13)22(24)25)20-19(23)11-21(2)10-14-12-26-17-8-3-4-9-18(17)27-14/h3-9,14H,10-12H2,1-2H3,(H,20,23)/t14-/m1/s1. The highest BCUT2D eigenvalue weighted by Gasteiger charge is 2.23. The van der Waals surface area contributed by atoms with Gasteiger partial charge in [0, 0.05) is 12.6 Å². The van der Waals surface area contributed by atoms with Crippen molar-refractivity contribution < 1.29 is 19.2 Å². The number of para-hydroxylation sites is 2. The van der Waals surface area contributed by atoms with Gasteiger partial charge >= 0.3 is 0 Å². The third-order valence-corrected chi connectivity index (χ3v) is 4.27. The predicted octanol–water partition coefficient (Wildman–Crippen LogP) is 2.61. The van der Waals surface area contributed by atoms with Crippen molar-refractivity contribution in [2.45, 2.75) is 13.0 Å². The summed E-state index contributed by atoms with van der Waals surface area (Å²) in [7, 11) is 1.81. The van der Waals surface area contributed by atoms with Crippen molar-refractivity contribution in [2.75, 3.05) is 32.1 Å². The molecule has 0 radical (unpaired) electrons. The molecule has 8 heteroatoms. The van der Waals surface area contributed by atoms with Crippen molar-refractivity contribution >= 4 is 17.3 Å².